The molecule has 0 spiro atoms. The van der Waals surface area contributed by atoms with Crippen molar-refractivity contribution in [3.05, 3.63) is 170 Å². The van der Waals surface area contributed by atoms with Crippen molar-refractivity contribution in [2.45, 2.75) is 0 Å². The zero-order chi connectivity index (χ0) is 34.3. The Bertz CT molecular complexity index is 2790. The number of para-hydroxylation sites is 2. The Morgan fingerprint density at radius 3 is 1.57 bits per heavy atom. The third kappa shape index (κ3) is 3.75. The van der Waals surface area contributed by atoms with Gasteiger partial charge >= 0.3 is 0 Å². The van der Waals surface area contributed by atoms with Gasteiger partial charge in [-0.05, 0) is 58.7 Å². The fourth-order valence-electron chi connectivity index (χ4n) is 6.57. The van der Waals surface area contributed by atoms with Gasteiger partial charge in [-0.25, -0.2) is 0 Å². The van der Waals surface area contributed by atoms with Crippen LogP contribution in [0.25, 0.3) is 77.2 Å². The van der Waals surface area contributed by atoms with E-state index in [4.69, 9.17) is 8.22 Å². The molecule has 9 aromatic rings. The molecular formula is C42H28N2. The summed E-state index contributed by atoms with van der Waals surface area (Å²) >= 11 is 0. The quantitative estimate of drug-likeness (QED) is 0.200. The van der Waals surface area contributed by atoms with Gasteiger partial charge in [0.05, 0.1) is 30.3 Å². The molecule has 9 rings (SSSR count). The van der Waals surface area contributed by atoms with Crippen LogP contribution in [-0.2, 0) is 0 Å². The second-order valence-corrected chi connectivity index (χ2v) is 10.9. The van der Waals surface area contributed by atoms with Crippen molar-refractivity contribution in [3.63, 3.8) is 0 Å². The number of rotatable bonds is 4. The van der Waals surface area contributed by atoms with E-state index in [1.807, 2.05) is 66.7 Å². The largest absolute Gasteiger partial charge is 0.307 e. The molecule has 44 heavy (non-hydrogen) atoms. The van der Waals surface area contributed by atoms with Crippen molar-refractivity contribution in [2.24, 2.45) is 0 Å². The minimum absolute atomic E-state index is 0.133. The SMILES string of the molecule is [2H]c1ccc(-c2ccc(-n3c4ccc([2H])cc4c4ccc5c6cc([2H])ccc6n(-c6cccc(-c7c([2H])cc([2H])cc7[2H])c6)c5c43)cc2)cc1. The third-order valence-electron chi connectivity index (χ3n) is 8.51. The molecule has 0 unspecified atom stereocenters. The van der Waals surface area contributed by atoms with Crippen molar-refractivity contribution < 1.29 is 8.22 Å². The second-order valence-electron chi connectivity index (χ2n) is 10.9. The number of hydrogen-bond donors (Lipinski definition) is 0. The van der Waals surface area contributed by atoms with Gasteiger partial charge in [0.1, 0.15) is 0 Å². The number of benzene rings is 7. The molecule has 7 aromatic carbocycles. The van der Waals surface area contributed by atoms with Gasteiger partial charge in [-0.3, -0.25) is 0 Å². The minimum Gasteiger partial charge on any atom is -0.307 e. The molecule has 0 N–H and O–H groups in total. The normalized spacial score (nSPS) is 13.5. The lowest BCUT2D eigenvalue weighted by Gasteiger charge is -2.14. The molecule has 0 atom stereocenters. The molecule has 206 valence electrons. The van der Waals surface area contributed by atoms with Crippen LogP contribution in [0.3, 0.4) is 0 Å². The summed E-state index contributed by atoms with van der Waals surface area (Å²) in [5, 5.41) is 3.88. The highest BCUT2D eigenvalue weighted by molar-refractivity contribution is 6.23. The Hall–Kier alpha value is -5.86. The summed E-state index contributed by atoms with van der Waals surface area (Å²) in [7, 11) is 0. The molecule has 2 aromatic heterocycles. The maximum atomic E-state index is 8.62. The first-order valence-electron chi connectivity index (χ1n) is 17.6. The highest BCUT2D eigenvalue weighted by Crippen LogP contribution is 2.42. The smallest absolute Gasteiger partial charge is 0.0788 e. The van der Waals surface area contributed by atoms with Crippen LogP contribution in [0.4, 0.5) is 0 Å². The average molecular weight is 567 g/mol. The second kappa shape index (κ2) is 9.86. The molecule has 2 heteroatoms. The Balaban J connectivity index is 1.38. The molecular weight excluding hydrogens is 532 g/mol. The van der Waals surface area contributed by atoms with E-state index in [1.165, 1.54) is 12.1 Å². The molecule has 0 amide bonds. The topological polar surface area (TPSA) is 9.86 Å². The fraction of sp³-hybridized carbons (Fsp3) is 0. The Labute approximate surface area is 264 Å². The van der Waals surface area contributed by atoms with Crippen molar-refractivity contribution in [1.29, 1.82) is 0 Å². The van der Waals surface area contributed by atoms with E-state index < -0.39 is 0 Å². The Kier molecular flexibility index (Phi) is 4.34. The summed E-state index contributed by atoms with van der Waals surface area (Å²) in [6.07, 6.45) is 0. The molecule has 0 bridgehead atoms. The molecule has 0 saturated heterocycles. The predicted molar refractivity (Wildman–Crippen MR) is 186 cm³/mol. The molecule has 2 nitrogen and oxygen atoms in total. The Morgan fingerprint density at radius 1 is 0.364 bits per heavy atom. The standard InChI is InChI=1S/C42H28N2/c1-3-12-29(13-4-1)31-22-24-33(25-23-31)43-39-20-9-7-18-35(39)37-26-27-38-36-19-8-10-21-40(36)44(42(38)41(37)43)34-17-11-16-32(28-34)30-14-5-2-6-15-30/h1-28H/i1D,2D,7D,8D,14D,15D. The molecule has 2 heterocycles. The maximum Gasteiger partial charge on any atom is 0.0788 e. The van der Waals surface area contributed by atoms with E-state index in [2.05, 4.69) is 45.5 Å². The van der Waals surface area contributed by atoms with Crippen LogP contribution in [0, 0.1) is 0 Å². The monoisotopic (exact) mass is 566 g/mol. The molecule has 0 aliphatic heterocycles. The zero-order valence-electron chi connectivity index (χ0n) is 29.6. The molecule has 0 fully saturated rings. The molecule has 0 aliphatic carbocycles. The van der Waals surface area contributed by atoms with Gasteiger partial charge in [0.2, 0.25) is 0 Å². The summed E-state index contributed by atoms with van der Waals surface area (Å²) in [5.41, 5.74) is 8.85. The highest BCUT2D eigenvalue weighted by atomic mass is 15.0. The van der Waals surface area contributed by atoms with Crippen LogP contribution >= 0.6 is 0 Å². The maximum absolute atomic E-state index is 8.62. The summed E-state index contributed by atoms with van der Waals surface area (Å²) in [6, 6.07) is 44.0. The highest BCUT2D eigenvalue weighted by Gasteiger charge is 2.21. The molecule has 0 radical (unpaired) electrons. The van der Waals surface area contributed by atoms with E-state index in [0.29, 0.717) is 29.3 Å². The van der Waals surface area contributed by atoms with Crippen LogP contribution in [-0.4, -0.2) is 9.13 Å². The van der Waals surface area contributed by atoms with E-state index in [-0.39, 0.29) is 18.1 Å². The first-order valence-corrected chi connectivity index (χ1v) is 14.6. The lowest BCUT2D eigenvalue weighted by atomic mass is 10.1. The lowest BCUT2D eigenvalue weighted by Crippen LogP contribution is -1.99. The van der Waals surface area contributed by atoms with Crippen LogP contribution in [0.2, 0.25) is 0 Å². The number of nitrogens with zero attached hydrogens (tertiary/aromatic N) is 2. The van der Waals surface area contributed by atoms with Crippen molar-refractivity contribution in [1.82, 2.24) is 9.13 Å². The van der Waals surface area contributed by atoms with Crippen molar-refractivity contribution >= 4 is 43.6 Å². The third-order valence-corrected chi connectivity index (χ3v) is 8.51. The van der Waals surface area contributed by atoms with Crippen LogP contribution in [0.5, 0.6) is 0 Å². The van der Waals surface area contributed by atoms with Crippen molar-refractivity contribution in [2.75, 3.05) is 0 Å². The average Bonchev–Trinajstić information content (AvgIpc) is 3.60. The minimum atomic E-state index is 0.133. The first-order chi connectivity index (χ1) is 24.2. The number of hydrogen-bond acceptors (Lipinski definition) is 0. The summed E-state index contributed by atoms with van der Waals surface area (Å²) in [5.74, 6) is 0. The first kappa shape index (κ1) is 19.4. The van der Waals surface area contributed by atoms with Gasteiger partial charge in [0, 0.05) is 32.9 Å². The van der Waals surface area contributed by atoms with Gasteiger partial charge in [-0.1, -0.05) is 133 Å². The van der Waals surface area contributed by atoms with Crippen LogP contribution < -0.4 is 0 Å². The van der Waals surface area contributed by atoms with Crippen LogP contribution in [0.15, 0.2) is 170 Å². The summed E-state index contributed by atoms with van der Waals surface area (Å²) in [4.78, 5) is 0. The van der Waals surface area contributed by atoms with E-state index in [9.17, 15) is 0 Å². The number of aromatic nitrogens is 2. The van der Waals surface area contributed by atoms with Crippen molar-refractivity contribution in [3.8, 4) is 33.6 Å². The number of fused-ring (bicyclic) bond motifs is 7. The van der Waals surface area contributed by atoms with E-state index in [1.54, 1.807) is 18.2 Å². The van der Waals surface area contributed by atoms with E-state index >= 15 is 0 Å². The van der Waals surface area contributed by atoms with Gasteiger partial charge in [-0.15, -0.1) is 0 Å². The van der Waals surface area contributed by atoms with Crippen LogP contribution in [0.1, 0.15) is 8.22 Å². The van der Waals surface area contributed by atoms with Gasteiger partial charge in [0.15, 0.2) is 0 Å². The molecule has 0 saturated carbocycles. The van der Waals surface area contributed by atoms with Gasteiger partial charge in [0.25, 0.3) is 0 Å². The predicted octanol–water partition coefficient (Wildman–Crippen LogP) is 11.2. The Morgan fingerprint density at radius 2 is 0.909 bits per heavy atom. The van der Waals surface area contributed by atoms with Gasteiger partial charge < -0.3 is 9.13 Å². The molecule has 0 aliphatic rings. The fourth-order valence-corrected chi connectivity index (χ4v) is 6.57. The zero-order valence-corrected chi connectivity index (χ0v) is 23.6. The van der Waals surface area contributed by atoms with Gasteiger partial charge in [-0.2, -0.15) is 0 Å². The lowest BCUT2D eigenvalue weighted by molar-refractivity contribution is 1.15. The summed E-state index contributed by atoms with van der Waals surface area (Å²) < 4.78 is 54.6. The summed E-state index contributed by atoms with van der Waals surface area (Å²) in [6.45, 7) is 0. The van der Waals surface area contributed by atoms with E-state index in [0.717, 1.165) is 66.1 Å².